The molecule has 1 aliphatic rings. The number of benzene rings is 2. The number of ether oxygens (including phenoxy) is 5. The number of aliphatic hydroxyl groups is 1. The summed E-state index contributed by atoms with van der Waals surface area (Å²) in [7, 11) is 3.09. The van der Waals surface area contributed by atoms with Crippen LogP contribution in [0.15, 0.2) is 30.3 Å². The maximum Gasteiger partial charge on any atom is 0.344 e. The molecule has 0 radical (unpaired) electrons. The Morgan fingerprint density at radius 1 is 1.17 bits per heavy atom. The van der Waals surface area contributed by atoms with Gasteiger partial charge >= 0.3 is 5.97 Å². The van der Waals surface area contributed by atoms with E-state index in [9.17, 15) is 15.0 Å². The van der Waals surface area contributed by atoms with Crippen LogP contribution in [-0.4, -0.2) is 49.7 Å². The number of aromatic hydroxyl groups is 1. The Hall–Kier alpha value is -3.13. The normalized spacial score (nSPS) is 17.7. The van der Waals surface area contributed by atoms with Gasteiger partial charge in [0.1, 0.15) is 23.4 Å². The Morgan fingerprint density at radius 3 is 2.62 bits per heavy atom. The number of carbonyl (C=O) groups excluding carboxylic acids is 1. The third-order valence-electron chi connectivity index (χ3n) is 4.58. The first-order valence-electron chi connectivity index (χ1n) is 9.17. The van der Waals surface area contributed by atoms with Gasteiger partial charge in [0.2, 0.25) is 0 Å². The molecular formula is C21H24O8. The van der Waals surface area contributed by atoms with Crippen molar-refractivity contribution in [3.63, 3.8) is 0 Å². The van der Waals surface area contributed by atoms with Crippen LogP contribution in [-0.2, 0) is 16.0 Å². The van der Waals surface area contributed by atoms with E-state index < -0.39 is 18.2 Å². The van der Waals surface area contributed by atoms with Crippen LogP contribution >= 0.6 is 0 Å². The Bertz CT molecular complexity index is 879. The van der Waals surface area contributed by atoms with Gasteiger partial charge < -0.3 is 33.9 Å². The van der Waals surface area contributed by atoms with Gasteiger partial charge in [-0.25, -0.2) is 4.79 Å². The van der Waals surface area contributed by atoms with E-state index in [4.69, 9.17) is 23.7 Å². The molecule has 0 fully saturated rings. The summed E-state index contributed by atoms with van der Waals surface area (Å²) in [4.78, 5) is 11.4. The van der Waals surface area contributed by atoms with Crippen molar-refractivity contribution in [2.75, 3.05) is 27.4 Å². The number of aliphatic hydroxyl groups excluding tert-OH is 1. The van der Waals surface area contributed by atoms with Gasteiger partial charge in [-0.2, -0.15) is 0 Å². The lowest BCUT2D eigenvalue weighted by molar-refractivity contribution is -0.145. The van der Waals surface area contributed by atoms with Crippen molar-refractivity contribution in [3.8, 4) is 28.7 Å². The van der Waals surface area contributed by atoms with Crippen LogP contribution in [0.5, 0.6) is 28.7 Å². The highest BCUT2D eigenvalue weighted by molar-refractivity contribution is 5.71. The highest BCUT2D eigenvalue weighted by Gasteiger charge is 2.33. The van der Waals surface area contributed by atoms with Crippen LogP contribution in [0.4, 0.5) is 0 Å². The monoisotopic (exact) mass is 404 g/mol. The van der Waals surface area contributed by atoms with Crippen LogP contribution in [0, 0.1) is 0 Å². The molecule has 8 nitrogen and oxygen atoms in total. The average Bonchev–Trinajstić information content (AvgIpc) is 2.71. The molecular weight excluding hydrogens is 380 g/mol. The fraction of sp³-hybridized carbons (Fsp3) is 0.381. The third-order valence-corrected chi connectivity index (χ3v) is 4.58. The van der Waals surface area contributed by atoms with E-state index in [1.807, 2.05) is 0 Å². The third kappa shape index (κ3) is 4.48. The van der Waals surface area contributed by atoms with Gasteiger partial charge in [-0.15, -0.1) is 0 Å². The maximum absolute atomic E-state index is 11.4. The quantitative estimate of drug-likeness (QED) is 0.678. The second-order valence-corrected chi connectivity index (χ2v) is 6.44. The van der Waals surface area contributed by atoms with Gasteiger partial charge in [0, 0.05) is 24.1 Å². The van der Waals surface area contributed by atoms with Crippen LogP contribution < -0.4 is 18.9 Å². The molecule has 0 saturated carbocycles. The summed E-state index contributed by atoms with van der Waals surface area (Å²) in [5.74, 6) is 1.12. The summed E-state index contributed by atoms with van der Waals surface area (Å²) in [6.45, 7) is 1.64. The number of rotatable bonds is 7. The van der Waals surface area contributed by atoms with E-state index in [0.29, 0.717) is 29.2 Å². The Labute approximate surface area is 168 Å². The van der Waals surface area contributed by atoms with Crippen LogP contribution in [0.3, 0.4) is 0 Å². The molecule has 1 heterocycles. The van der Waals surface area contributed by atoms with Crippen LogP contribution in [0.2, 0.25) is 0 Å². The van der Waals surface area contributed by atoms with Gasteiger partial charge in [0.25, 0.3) is 0 Å². The predicted molar refractivity (Wildman–Crippen MR) is 103 cm³/mol. The van der Waals surface area contributed by atoms with E-state index in [0.717, 1.165) is 5.56 Å². The molecule has 0 aromatic heterocycles. The van der Waals surface area contributed by atoms with E-state index in [1.165, 1.54) is 12.1 Å². The first-order valence-corrected chi connectivity index (χ1v) is 9.17. The molecule has 0 bridgehead atoms. The molecule has 2 atom stereocenters. The maximum atomic E-state index is 11.4. The number of phenols is 1. The highest BCUT2D eigenvalue weighted by Crippen LogP contribution is 2.43. The molecule has 2 aromatic carbocycles. The van der Waals surface area contributed by atoms with Crippen molar-refractivity contribution in [2.24, 2.45) is 0 Å². The Morgan fingerprint density at radius 2 is 1.97 bits per heavy atom. The molecule has 2 N–H and O–H groups in total. The SMILES string of the molecule is CCOC(=O)COc1ccc([C@H]2Oc3cc(OC)cc(OC)c3C[C@H]2O)cc1O. The van der Waals surface area contributed by atoms with Crippen LogP contribution in [0.25, 0.3) is 0 Å². The number of fused-ring (bicyclic) bond motifs is 1. The van der Waals surface area contributed by atoms with Gasteiger partial charge in [0.05, 0.1) is 26.9 Å². The predicted octanol–water partition coefficient (Wildman–Crippen LogP) is 2.39. The van der Waals surface area contributed by atoms with Crippen molar-refractivity contribution in [1.29, 1.82) is 0 Å². The second-order valence-electron chi connectivity index (χ2n) is 6.44. The van der Waals surface area contributed by atoms with Crippen molar-refractivity contribution in [2.45, 2.75) is 25.6 Å². The minimum atomic E-state index is -0.851. The van der Waals surface area contributed by atoms with Crippen molar-refractivity contribution in [1.82, 2.24) is 0 Å². The molecule has 3 rings (SSSR count). The molecule has 156 valence electrons. The summed E-state index contributed by atoms with van der Waals surface area (Å²) in [6, 6.07) is 8.08. The lowest BCUT2D eigenvalue weighted by Crippen LogP contribution is -2.30. The number of methoxy groups -OCH3 is 2. The van der Waals surface area contributed by atoms with Gasteiger partial charge in [0.15, 0.2) is 18.1 Å². The molecule has 0 saturated heterocycles. The lowest BCUT2D eigenvalue weighted by Gasteiger charge is -2.32. The fourth-order valence-electron chi connectivity index (χ4n) is 3.20. The molecule has 2 aromatic rings. The van der Waals surface area contributed by atoms with Crippen molar-refractivity contribution in [3.05, 3.63) is 41.5 Å². The van der Waals surface area contributed by atoms with E-state index in [2.05, 4.69) is 0 Å². The standard InChI is InChI=1S/C21H24O8/c1-4-27-20(24)11-28-17-6-5-12(7-15(17)22)21-16(23)10-14-18(26-3)8-13(25-2)9-19(14)29-21/h5-9,16,21-23H,4,10-11H2,1-3H3/t16-,21-/m1/s1. The van der Waals surface area contributed by atoms with E-state index >= 15 is 0 Å². The van der Waals surface area contributed by atoms with Crippen molar-refractivity contribution >= 4 is 5.97 Å². The second kappa shape index (κ2) is 8.91. The molecule has 1 aliphatic heterocycles. The summed E-state index contributed by atoms with van der Waals surface area (Å²) in [5.41, 5.74) is 1.31. The summed E-state index contributed by atoms with van der Waals surface area (Å²) in [6.07, 6.45) is -1.24. The molecule has 0 unspecified atom stereocenters. The lowest BCUT2D eigenvalue weighted by atomic mass is 9.94. The Balaban J connectivity index is 1.81. The summed E-state index contributed by atoms with van der Waals surface area (Å²) >= 11 is 0. The summed E-state index contributed by atoms with van der Waals surface area (Å²) in [5, 5.41) is 20.9. The number of esters is 1. The zero-order valence-corrected chi connectivity index (χ0v) is 16.5. The van der Waals surface area contributed by atoms with E-state index in [1.54, 1.807) is 39.3 Å². The smallest absolute Gasteiger partial charge is 0.344 e. The average molecular weight is 404 g/mol. The molecule has 29 heavy (non-hydrogen) atoms. The zero-order valence-electron chi connectivity index (χ0n) is 16.5. The summed E-state index contributed by atoms with van der Waals surface area (Å²) < 4.78 is 26.7. The van der Waals surface area contributed by atoms with Gasteiger partial charge in [-0.1, -0.05) is 6.07 Å². The molecule has 0 amide bonds. The number of phenolic OH excluding ortho intramolecular Hbond substituents is 1. The van der Waals surface area contributed by atoms with Gasteiger partial charge in [-0.3, -0.25) is 0 Å². The number of hydrogen-bond acceptors (Lipinski definition) is 8. The minimum absolute atomic E-state index is 0.135. The van der Waals surface area contributed by atoms with Crippen molar-refractivity contribution < 1.29 is 38.7 Å². The number of hydrogen-bond donors (Lipinski definition) is 2. The molecule has 0 aliphatic carbocycles. The molecule has 8 heteroatoms. The Kier molecular flexibility index (Phi) is 6.33. The van der Waals surface area contributed by atoms with Gasteiger partial charge in [-0.05, 0) is 24.6 Å². The van der Waals surface area contributed by atoms with Crippen LogP contribution in [0.1, 0.15) is 24.2 Å². The number of carbonyl (C=O) groups is 1. The first kappa shape index (κ1) is 20.6. The highest BCUT2D eigenvalue weighted by atomic mass is 16.6. The van der Waals surface area contributed by atoms with E-state index in [-0.39, 0.29) is 24.7 Å². The fourth-order valence-corrected chi connectivity index (χ4v) is 3.20. The minimum Gasteiger partial charge on any atom is -0.504 e. The topological polar surface area (TPSA) is 104 Å². The molecule has 0 spiro atoms. The largest absolute Gasteiger partial charge is 0.504 e. The first-order chi connectivity index (χ1) is 14.0. The zero-order chi connectivity index (χ0) is 21.0.